The van der Waals surface area contributed by atoms with Gasteiger partial charge in [0.1, 0.15) is 35.3 Å². The van der Waals surface area contributed by atoms with Gasteiger partial charge in [-0.2, -0.15) is 10.2 Å². The van der Waals surface area contributed by atoms with Crippen molar-refractivity contribution >= 4 is 69.4 Å². The minimum atomic E-state index is -0.721. The first kappa shape index (κ1) is 40.4. The number of nitrogens with zero attached hydrogens (tertiary/aromatic N) is 7. The molecule has 8 rings (SSSR count). The second-order valence-electron chi connectivity index (χ2n) is 14.8. The summed E-state index contributed by atoms with van der Waals surface area (Å²) >= 11 is 7.87. The minimum absolute atomic E-state index is 0.0468. The van der Waals surface area contributed by atoms with Gasteiger partial charge in [-0.3, -0.25) is 38.8 Å². The lowest BCUT2D eigenvalue weighted by atomic mass is 9.99. The van der Waals surface area contributed by atoms with Crippen LogP contribution in [0.3, 0.4) is 0 Å². The molecule has 5 aromatic rings. The number of nitrogens with one attached hydrogen (secondary N) is 2. The number of aliphatic imine (C=N–C) groups is 1. The molecule has 2 atom stereocenters. The molecule has 3 aliphatic rings. The molecule has 5 heterocycles. The maximum atomic E-state index is 13.3. The van der Waals surface area contributed by atoms with Crippen molar-refractivity contribution in [2.45, 2.75) is 71.5 Å². The van der Waals surface area contributed by atoms with Gasteiger partial charge in [-0.15, -0.1) is 21.5 Å². The third kappa shape index (κ3) is 8.25. The highest BCUT2D eigenvalue weighted by atomic mass is 35.5. The summed E-state index contributed by atoms with van der Waals surface area (Å²) in [4.78, 5) is 70.9. The normalized spacial score (nSPS) is 17.2. The lowest BCUT2D eigenvalue weighted by molar-refractivity contribution is -0.137. The van der Waals surface area contributed by atoms with E-state index in [1.165, 1.54) is 4.90 Å². The number of carbonyl (C=O) groups excluding carboxylic acids is 5. The number of halogens is 1. The maximum absolute atomic E-state index is 13.3. The molecule has 15 nitrogen and oxygen atoms in total. The van der Waals surface area contributed by atoms with Crippen LogP contribution < -0.4 is 15.4 Å². The lowest BCUT2D eigenvalue weighted by Gasteiger charge is -2.29. The fraction of sp³-hybridized carbons (Fsp3) is 0.302. The summed E-state index contributed by atoms with van der Waals surface area (Å²) in [6, 6.07) is 18.1. The summed E-state index contributed by atoms with van der Waals surface area (Å²) in [5.41, 5.74) is 5.89. The number of carbonyl (C=O) groups is 5. The van der Waals surface area contributed by atoms with Crippen LogP contribution in [0.1, 0.15) is 87.3 Å². The lowest BCUT2D eigenvalue weighted by Crippen LogP contribution is -2.52. The number of fused-ring (bicyclic) bond motifs is 4. The highest BCUT2D eigenvalue weighted by molar-refractivity contribution is 7.15. The molecule has 1 fully saturated rings. The fourth-order valence-electron chi connectivity index (χ4n) is 7.51. The number of imide groups is 1. The molecule has 17 heteroatoms. The van der Waals surface area contributed by atoms with Crippen molar-refractivity contribution in [1.82, 2.24) is 30.3 Å². The second kappa shape index (κ2) is 17.1. The largest absolute Gasteiger partial charge is 0.486 e. The van der Waals surface area contributed by atoms with Crippen LogP contribution in [-0.2, 0) is 25.7 Å². The SMILES string of the molecule is Cc1sc2c(c1C)C(c1ccc(Cl)cc1)=N[C@@H](CC(=O)NCCCC(=O)COc1ccc(N=Nc3cccc4c3CN(C3CCC(=O)NC3=O)C4=O)cc1)c1nnc(C)n1-2. The predicted molar refractivity (Wildman–Crippen MR) is 224 cm³/mol. The molecule has 3 aromatic carbocycles. The fourth-order valence-corrected chi connectivity index (χ4v) is 8.85. The van der Waals surface area contributed by atoms with Gasteiger partial charge in [0, 0.05) is 58.1 Å². The van der Waals surface area contributed by atoms with Crippen molar-refractivity contribution in [2.75, 3.05) is 13.2 Å². The van der Waals surface area contributed by atoms with Gasteiger partial charge in [0.2, 0.25) is 17.7 Å². The molecule has 4 amide bonds. The Morgan fingerprint density at radius 2 is 1.78 bits per heavy atom. The van der Waals surface area contributed by atoms with Gasteiger partial charge >= 0.3 is 0 Å². The number of hydrogen-bond donors (Lipinski definition) is 2. The van der Waals surface area contributed by atoms with Gasteiger partial charge in [0.15, 0.2) is 11.6 Å². The Labute approximate surface area is 353 Å². The molecular weight excluding hydrogens is 806 g/mol. The van der Waals surface area contributed by atoms with E-state index in [1.807, 2.05) is 35.8 Å². The van der Waals surface area contributed by atoms with E-state index in [2.05, 4.69) is 44.9 Å². The van der Waals surface area contributed by atoms with Gasteiger partial charge in [-0.05, 0) is 87.7 Å². The number of ketones is 1. The molecule has 60 heavy (non-hydrogen) atoms. The number of piperidine rings is 1. The zero-order chi connectivity index (χ0) is 42.1. The molecule has 1 saturated heterocycles. The summed E-state index contributed by atoms with van der Waals surface area (Å²) in [7, 11) is 0. The van der Waals surface area contributed by atoms with Crippen molar-refractivity contribution in [3.63, 3.8) is 0 Å². The van der Waals surface area contributed by atoms with Crippen LogP contribution in [0.5, 0.6) is 5.75 Å². The first-order chi connectivity index (χ1) is 28.9. The average molecular weight is 846 g/mol. The summed E-state index contributed by atoms with van der Waals surface area (Å²) in [5, 5.41) is 24.4. The molecule has 0 bridgehead atoms. The Kier molecular flexibility index (Phi) is 11.5. The van der Waals surface area contributed by atoms with Crippen molar-refractivity contribution in [2.24, 2.45) is 15.2 Å². The topological polar surface area (TPSA) is 190 Å². The van der Waals surface area contributed by atoms with Crippen LogP contribution in [0.15, 0.2) is 82.0 Å². The van der Waals surface area contributed by atoms with Crippen molar-refractivity contribution in [3.8, 4) is 10.8 Å². The first-order valence-electron chi connectivity index (χ1n) is 19.5. The third-order valence-corrected chi connectivity index (χ3v) is 12.2. The van der Waals surface area contributed by atoms with Crippen LogP contribution in [0.4, 0.5) is 11.4 Å². The zero-order valence-electron chi connectivity index (χ0n) is 33.0. The summed E-state index contributed by atoms with van der Waals surface area (Å²) in [6.45, 7) is 6.40. The highest BCUT2D eigenvalue weighted by Gasteiger charge is 2.40. The van der Waals surface area contributed by atoms with Crippen molar-refractivity contribution < 1.29 is 28.7 Å². The van der Waals surface area contributed by atoms with Crippen LogP contribution in [0.2, 0.25) is 5.02 Å². The number of ether oxygens (including phenoxy) is 1. The second-order valence-corrected chi connectivity index (χ2v) is 16.4. The van der Waals surface area contributed by atoms with Gasteiger partial charge in [0.25, 0.3) is 5.91 Å². The molecule has 3 aliphatic heterocycles. The molecule has 0 spiro atoms. The number of Topliss-reactive ketones (excluding diaryl/α,β-unsaturated/α-hetero) is 1. The van der Waals surface area contributed by atoms with E-state index >= 15 is 0 Å². The van der Waals surface area contributed by atoms with E-state index in [0.29, 0.717) is 57.9 Å². The summed E-state index contributed by atoms with van der Waals surface area (Å²) in [6.07, 6.45) is 1.14. The minimum Gasteiger partial charge on any atom is -0.486 e. The van der Waals surface area contributed by atoms with E-state index in [9.17, 15) is 24.0 Å². The van der Waals surface area contributed by atoms with E-state index in [0.717, 1.165) is 32.3 Å². The highest BCUT2D eigenvalue weighted by Crippen LogP contribution is 2.40. The molecular formula is C43H40ClN9O6S. The molecule has 0 saturated carbocycles. The number of amides is 4. The van der Waals surface area contributed by atoms with E-state index in [1.54, 1.807) is 53.8 Å². The summed E-state index contributed by atoms with van der Waals surface area (Å²) < 4.78 is 7.72. The van der Waals surface area contributed by atoms with Gasteiger partial charge in [0.05, 0.1) is 23.5 Å². The van der Waals surface area contributed by atoms with Gasteiger partial charge in [-0.1, -0.05) is 29.8 Å². The Morgan fingerprint density at radius 1 is 1.00 bits per heavy atom. The van der Waals surface area contributed by atoms with Gasteiger partial charge < -0.3 is 15.0 Å². The Balaban J connectivity index is 0.822. The van der Waals surface area contributed by atoms with Crippen LogP contribution >= 0.6 is 22.9 Å². The van der Waals surface area contributed by atoms with E-state index in [-0.39, 0.29) is 62.3 Å². The van der Waals surface area contributed by atoms with E-state index in [4.69, 9.17) is 21.3 Å². The number of aryl methyl sites for hydroxylation is 2. The van der Waals surface area contributed by atoms with Crippen molar-refractivity contribution in [1.29, 1.82) is 0 Å². The molecule has 0 aliphatic carbocycles. The molecule has 0 radical (unpaired) electrons. The zero-order valence-corrected chi connectivity index (χ0v) is 34.6. The smallest absolute Gasteiger partial charge is 0.255 e. The quantitative estimate of drug-likeness (QED) is 0.0726. The van der Waals surface area contributed by atoms with Crippen molar-refractivity contribution in [3.05, 3.63) is 116 Å². The Bertz CT molecular complexity index is 2600. The molecule has 2 N–H and O–H groups in total. The molecule has 2 aromatic heterocycles. The van der Waals surface area contributed by atoms with Gasteiger partial charge in [-0.25, -0.2) is 0 Å². The monoisotopic (exact) mass is 845 g/mol. The number of thiophene rings is 1. The maximum Gasteiger partial charge on any atom is 0.255 e. The number of rotatable bonds is 13. The predicted octanol–water partition coefficient (Wildman–Crippen LogP) is 6.91. The standard InChI is InChI=1S/C43H40ClN9O6S/c1-23-24(2)60-43-38(23)39(26-9-11-27(44)12-10-26)46-34(40-51-48-25(3)53(40)43)20-37(56)45-19-5-6-29(54)22-59-30-15-13-28(14-16-30)49-50-33-8-4-7-31-32(33)21-52(42(31)58)35-17-18-36(55)47-41(35)57/h4,7-16,34-35H,5-6,17-22H2,1-3H3,(H,45,56)(H,47,55,57)/t34-,35?/m0/s1. The molecule has 1 unspecified atom stereocenters. The Hall–Kier alpha value is -6.39. The number of hydrogen-bond acceptors (Lipinski definition) is 12. The molecule has 306 valence electrons. The average Bonchev–Trinajstić information content (AvgIpc) is 3.85. The third-order valence-electron chi connectivity index (χ3n) is 10.8. The van der Waals surface area contributed by atoms with Crippen LogP contribution in [0, 0.1) is 20.8 Å². The van der Waals surface area contributed by atoms with Crippen LogP contribution in [-0.4, -0.2) is 74.0 Å². The first-order valence-corrected chi connectivity index (χ1v) is 20.7. The Morgan fingerprint density at radius 3 is 2.55 bits per heavy atom. The number of aromatic nitrogens is 3. The number of azo groups is 1. The number of benzene rings is 3. The van der Waals surface area contributed by atoms with E-state index < -0.39 is 18.0 Å². The summed E-state index contributed by atoms with van der Waals surface area (Å²) in [5.74, 6) is 0.342. The van der Waals surface area contributed by atoms with Crippen LogP contribution in [0.25, 0.3) is 5.00 Å².